The van der Waals surface area contributed by atoms with E-state index in [4.69, 9.17) is 19.3 Å². The molecule has 3 aromatic carbocycles. The van der Waals surface area contributed by atoms with Gasteiger partial charge in [0.1, 0.15) is 30.0 Å². The van der Waals surface area contributed by atoms with Crippen LogP contribution in [0.25, 0.3) is 22.7 Å². The minimum Gasteiger partial charge on any atom is -0.492 e. The number of carbonyl (C=O) groups is 1. The second-order valence-electron chi connectivity index (χ2n) is 15.3. The minimum atomic E-state index is -0.287. The predicted octanol–water partition coefficient (Wildman–Crippen LogP) is 7.68. The number of ether oxygens (including phenoxy) is 3. The Bertz CT molecular complexity index is 2270. The number of nitrogens with one attached hydrogen (secondary N) is 2. The first kappa shape index (κ1) is 36.3. The SMILES string of the molecule is Cc1ccc(-n2nc(C(C)(C)C)cc2NC(=O)N[C@H]2CC[C@H](Oc3ccc4nnc(-c5cccc(OCCN6CCOCC6)c5)n4c3)c3ccccc32)cc1. The maximum Gasteiger partial charge on any atom is 0.320 e. The molecule has 4 heterocycles. The molecule has 0 unspecified atom stereocenters. The number of hydrogen-bond donors (Lipinski definition) is 2. The van der Waals surface area contributed by atoms with Crippen LogP contribution in [0.3, 0.4) is 0 Å². The third kappa shape index (κ3) is 8.20. The fourth-order valence-corrected chi connectivity index (χ4v) is 7.20. The van der Waals surface area contributed by atoms with Gasteiger partial charge in [0.25, 0.3) is 0 Å². The molecule has 0 bridgehead atoms. The van der Waals surface area contributed by atoms with Gasteiger partial charge in [0.05, 0.1) is 36.8 Å². The van der Waals surface area contributed by atoms with Crippen LogP contribution >= 0.6 is 0 Å². The number of carbonyl (C=O) groups excluding carboxylic acids is 1. The minimum absolute atomic E-state index is 0.191. The molecule has 0 radical (unpaired) electrons. The van der Waals surface area contributed by atoms with E-state index in [0.29, 0.717) is 36.8 Å². The van der Waals surface area contributed by atoms with Gasteiger partial charge in [0.2, 0.25) is 0 Å². The summed E-state index contributed by atoms with van der Waals surface area (Å²) in [6, 6.07) is 29.6. The van der Waals surface area contributed by atoms with Crippen molar-refractivity contribution in [1.29, 1.82) is 0 Å². The predicted molar refractivity (Wildman–Crippen MR) is 212 cm³/mol. The molecule has 12 heteroatoms. The molecular weight excluding hydrogens is 693 g/mol. The number of fused-ring (bicyclic) bond motifs is 2. The van der Waals surface area contributed by atoms with E-state index in [9.17, 15) is 4.79 Å². The quantitative estimate of drug-likeness (QED) is 0.147. The van der Waals surface area contributed by atoms with Crippen molar-refractivity contribution in [3.05, 3.63) is 120 Å². The Morgan fingerprint density at radius 2 is 1.69 bits per heavy atom. The Hall–Kier alpha value is -5.72. The Kier molecular flexibility index (Phi) is 10.3. The molecule has 1 aliphatic carbocycles. The van der Waals surface area contributed by atoms with E-state index >= 15 is 0 Å². The average Bonchev–Trinajstić information content (AvgIpc) is 3.81. The lowest BCUT2D eigenvalue weighted by atomic mass is 9.85. The van der Waals surface area contributed by atoms with Crippen LogP contribution in [-0.2, 0) is 10.2 Å². The first-order chi connectivity index (χ1) is 26.7. The summed E-state index contributed by atoms with van der Waals surface area (Å²) in [5, 5.41) is 20.2. The van der Waals surface area contributed by atoms with Gasteiger partial charge in [-0.05, 0) is 67.3 Å². The van der Waals surface area contributed by atoms with Gasteiger partial charge in [-0.15, -0.1) is 10.2 Å². The lowest BCUT2D eigenvalue weighted by Gasteiger charge is -2.32. The van der Waals surface area contributed by atoms with Crippen molar-refractivity contribution < 1.29 is 19.0 Å². The molecule has 3 aromatic heterocycles. The van der Waals surface area contributed by atoms with E-state index < -0.39 is 0 Å². The van der Waals surface area contributed by atoms with E-state index in [2.05, 4.69) is 65.6 Å². The van der Waals surface area contributed by atoms with Gasteiger partial charge < -0.3 is 19.5 Å². The maximum atomic E-state index is 13.6. The second kappa shape index (κ2) is 15.6. The molecule has 1 aliphatic heterocycles. The lowest BCUT2D eigenvalue weighted by molar-refractivity contribution is 0.0322. The van der Waals surface area contributed by atoms with Crippen molar-refractivity contribution in [2.45, 2.75) is 58.1 Å². The Morgan fingerprint density at radius 3 is 2.49 bits per heavy atom. The highest BCUT2D eigenvalue weighted by atomic mass is 16.5. The molecular formula is C43H48N8O4. The molecule has 0 spiro atoms. The Labute approximate surface area is 321 Å². The van der Waals surface area contributed by atoms with Gasteiger partial charge in [0.15, 0.2) is 11.5 Å². The topological polar surface area (TPSA) is 120 Å². The van der Waals surface area contributed by atoms with Gasteiger partial charge in [0, 0.05) is 36.7 Å². The van der Waals surface area contributed by atoms with Gasteiger partial charge in [-0.3, -0.25) is 14.6 Å². The van der Waals surface area contributed by atoms with Crippen LogP contribution in [-0.4, -0.2) is 74.8 Å². The molecule has 0 saturated carbocycles. The lowest BCUT2D eigenvalue weighted by Crippen LogP contribution is -2.38. The number of benzene rings is 3. The number of aromatic nitrogens is 5. The number of hydrogen-bond acceptors (Lipinski definition) is 8. The number of rotatable bonds is 10. The Balaban J connectivity index is 0.959. The van der Waals surface area contributed by atoms with Crippen LogP contribution in [0.2, 0.25) is 0 Å². The maximum absolute atomic E-state index is 13.6. The summed E-state index contributed by atoms with van der Waals surface area (Å²) in [5.74, 6) is 2.81. The van der Waals surface area contributed by atoms with Gasteiger partial charge >= 0.3 is 6.03 Å². The standard InChI is InChI=1S/C43H48N8O4/c1-29-12-14-31(15-13-29)51-40(27-38(48-51)43(2,3)4)45-42(52)44-36-17-18-37(35-11-6-5-10-34(35)36)55-33-16-19-39-46-47-41(50(39)28-33)30-8-7-9-32(26-30)54-25-22-49-20-23-53-24-21-49/h5-16,19,26-28,36-37H,17-18,20-25H2,1-4H3,(H2,44,45,52)/t36-,37-/m0/s1. The van der Waals surface area contributed by atoms with E-state index in [1.807, 2.05) is 89.5 Å². The monoisotopic (exact) mass is 740 g/mol. The normalized spacial score (nSPS) is 17.5. The largest absolute Gasteiger partial charge is 0.492 e. The Morgan fingerprint density at radius 1 is 0.891 bits per heavy atom. The second-order valence-corrected chi connectivity index (χ2v) is 15.3. The van der Waals surface area contributed by atoms with Gasteiger partial charge in [-0.2, -0.15) is 5.10 Å². The van der Waals surface area contributed by atoms with E-state index in [1.165, 1.54) is 0 Å². The van der Waals surface area contributed by atoms with Crippen molar-refractivity contribution >= 4 is 17.5 Å². The molecule has 2 atom stereocenters. The van der Waals surface area contributed by atoms with Crippen molar-refractivity contribution in [2.75, 3.05) is 44.8 Å². The van der Waals surface area contributed by atoms with Crippen molar-refractivity contribution in [3.8, 4) is 28.6 Å². The van der Waals surface area contributed by atoms with Crippen molar-refractivity contribution in [3.63, 3.8) is 0 Å². The molecule has 8 rings (SSSR count). The molecule has 6 aromatic rings. The van der Waals surface area contributed by atoms with E-state index in [0.717, 1.165) is 77.9 Å². The molecule has 55 heavy (non-hydrogen) atoms. The van der Waals surface area contributed by atoms with E-state index in [1.54, 1.807) is 4.68 Å². The molecule has 284 valence electrons. The first-order valence-corrected chi connectivity index (χ1v) is 19.1. The van der Waals surface area contributed by atoms with Crippen LogP contribution in [0.15, 0.2) is 97.2 Å². The summed E-state index contributed by atoms with van der Waals surface area (Å²) >= 11 is 0. The van der Waals surface area contributed by atoms with Crippen molar-refractivity contribution in [2.24, 2.45) is 0 Å². The molecule has 1 fully saturated rings. The number of aryl methyl sites for hydroxylation is 1. The summed E-state index contributed by atoms with van der Waals surface area (Å²) in [6.45, 7) is 13.3. The molecule has 1 saturated heterocycles. The van der Waals surface area contributed by atoms with Crippen LogP contribution in [0.5, 0.6) is 11.5 Å². The summed E-state index contributed by atoms with van der Waals surface area (Å²) < 4.78 is 22.0. The van der Waals surface area contributed by atoms with E-state index in [-0.39, 0.29) is 23.6 Å². The number of anilines is 1. The third-order valence-corrected chi connectivity index (χ3v) is 10.3. The highest BCUT2D eigenvalue weighted by Gasteiger charge is 2.30. The number of pyridine rings is 1. The highest BCUT2D eigenvalue weighted by Crippen LogP contribution is 2.39. The number of morpholine rings is 1. The zero-order valence-electron chi connectivity index (χ0n) is 31.9. The zero-order valence-corrected chi connectivity index (χ0v) is 31.9. The zero-order chi connectivity index (χ0) is 37.9. The molecule has 2 aliphatic rings. The highest BCUT2D eigenvalue weighted by molar-refractivity contribution is 5.89. The van der Waals surface area contributed by atoms with Gasteiger partial charge in [-0.1, -0.05) is 74.9 Å². The van der Waals surface area contributed by atoms with Crippen LogP contribution in [0.1, 0.15) is 68.1 Å². The van der Waals surface area contributed by atoms with Crippen LogP contribution in [0.4, 0.5) is 10.6 Å². The number of urea groups is 1. The molecule has 2 N–H and O–H groups in total. The average molecular weight is 741 g/mol. The van der Waals surface area contributed by atoms with Crippen LogP contribution < -0.4 is 20.1 Å². The number of amides is 2. The fourth-order valence-electron chi connectivity index (χ4n) is 7.20. The summed E-state index contributed by atoms with van der Waals surface area (Å²) in [5.41, 5.74) is 6.44. The molecule has 12 nitrogen and oxygen atoms in total. The van der Waals surface area contributed by atoms with Gasteiger partial charge in [-0.25, -0.2) is 9.48 Å². The fraction of sp³-hybridized carbons (Fsp3) is 0.349. The van der Waals surface area contributed by atoms with Crippen LogP contribution in [0, 0.1) is 6.92 Å². The third-order valence-electron chi connectivity index (χ3n) is 10.3. The smallest absolute Gasteiger partial charge is 0.320 e. The van der Waals surface area contributed by atoms with Crippen molar-refractivity contribution in [1.82, 2.24) is 34.6 Å². The summed E-state index contributed by atoms with van der Waals surface area (Å²) in [4.78, 5) is 16.0. The molecule has 2 amide bonds. The number of nitrogens with zero attached hydrogens (tertiary/aromatic N) is 6. The summed E-state index contributed by atoms with van der Waals surface area (Å²) in [6.07, 6.45) is 3.17. The first-order valence-electron chi connectivity index (χ1n) is 19.1. The summed E-state index contributed by atoms with van der Waals surface area (Å²) in [7, 11) is 0.